The zero-order chi connectivity index (χ0) is 14.7. The van der Waals surface area contributed by atoms with Crippen molar-refractivity contribution in [2.45, 2.75) is 37.9 Å². The van der Waals surface area contributed by atoms with Crippen LogP contribution in [0.5, 0.6) is 0 Å². The van der Waals surface area contributed by atoms with Crippen molar-refractivity contribution in [2.24, 2.45) is 0 Å². The Hall–Kier alpha value is -1.46. The van der Waals surface area contributed by atoms with Crippen LogP contribution >= 0.6 is 0 Å². The third-order valence-electron chi connectivity index (χ3n) is 4.17. The normalized spacial score (nSPS) is 23.8. The van der Waals surface area contributed by atoms with Crippen LogP contribution in [0.15, 0.2) is 24.3 Å². The molecule has 1 N–H and O–H groups in total. The Morgan fingerprint density at radius 2 is 2.10 bits per heavy atom. The minimum absolute atomic E-state index is 0.142. The van der Waals surface area contributed by atoms with Gasteiger partial charge in [-0.25, -0.2) is 4.39 Å². The largest absolute Gasteiger partial charge is 0.381 e. The molecule has 0 radical (unpaired) electrons. The zero-order valence-corrected chi connectivity index (χ0v) is 12.1. The maximum Gasteiger partial charge on any atom is 0.224 e. The van der Waals surface area contributed by atoms with Crippen LogP contribution in [-0.4, -0.2) is 42.6 Å². The molecule has 0 spiro atoms. The summed E-state index contributed by atoms with van der Waals surface area (Å²) in [5.41, 5.74) is 0.843. The molecule has 114 valence electrons. The summed E-state index contributed by atoms with van der Waals surface area (Å²) in [6.07, 6.45) is 2.55. The van der Waals surface area contributed by atoms with Gasteiger partial charge in [-0.1, -0.05) is 12.1 Å². The van der Waals surface area contributed by atoms with E-state index in [9.17, 15) is 9.18 Å². The van der Waals surface area contributed by atoms with E-state index in [1.807, 2.05) is 11.0 Å². The molecule has 1 atom stereocenters. The van der Waals surface area contributed by atoms with Crippen LogP contribution in [0.1, 0.15) is 24.8 Å². The average Bonchev–Trinajstić information content (AvgIpc) is 2.80. The van der Waals surface area contributed by atoms with Gasteiger partial charge in [0.05, 0.1) is 0 Å². The SMILES string of the molecule is O=C1CC(NC2CCOCC2)CN1Cc1cccc(F)c1. The molecular formula is C16H21FN2O2. The number of carbonyl (C=O) groups is 1. The monoisotopic (exact) mass is 292 g/mol. The third-order valence-corrected chi connectivity index (χ3v) is 4.17. The quantitative estimate of drug-likeness (QED) is 0.918. The van der Waals surface area contributed by atoms with Crippen molar-refractivity contribution < 1.29 is 13.9 Å². The van der Waals surface area contributed by atoms with Gasteiger partial charge in [-0.3, -0.25) is 4.79 Å². The second-order valence-electron chi connectivity index (χ2n) is 5.86. The first-order chi connectivity index (χ1) is 10.2. The molecule has 0 aromatic heterocycles. The molecule has 1 aromatic carbocycles. The molecule has 1 aromatic rings. The summed E-state index contributed by atoms with van der Waals surface area (Å²) >= 11 is 0. The first-order valence-corrected chi connectivity index (χ1v) is 7.57. The lowest BCUT2D eigenvalue weighted by Gasteiger charge is -2.26. The number of ether oxygens (including phenoxy) is 1. The number of hydrogen-bond donors (Lipinski definition) is 1. The highest BCUT2D eigenvalue weighted by atomic mass is 19.1. The van der Waals surface area contributed by atoms with E-state index in [2.05, 4.69) is 5.32 Å². The van der Waals surface area contributed by atoms with Gasteiger partial charge in [0.15, 0.2) is 0 Å². The minimum Gasteiger partial charge on any atom is -0.381 e. The number of carbonyl (C=O) groups excluding carboxylic acids is 1. The van der Waals surface area contributed by atoms with Gasteiger partial charge in [0, 0.05) is 44.8 Å². The fraction of sp³-hybridized carbons (Fsp3) is 0.562. The Labute approximate surface area is 124 Å². The summed E-state index contributed by atoms with van der Waals surface area (Å²) in [7, 11) is 0. The van der Waals surface area contributed by atoms with Gasteiger partial charge in [-0.15, -0.1) is 0 Å². The van der Waals surface area contributed by atoms with E-state index in [1.165, 1.54) is 12.1 Å². The molecule has 21 heavy (non-hydrogen) atoms. The van der Waals surface area contributed by atoms with Crippen LogP contribution < -0.4 is 5.32 Å². The average molecular weight is 292 g/mol. The van der Waals surface area contributed by atoms with Crippen molar-refractivity contribution in [3.8, 4) is 0 Å². The fourth-order valence-corrected chi connectivity index (χ4v) is 3.09. The van der Waals surface area contributed by atoms with Crippen LogP contribution in [0.3, 0.4) is 0 Å². The Balaban J connectivity index is 1.54. The first kappa shape index (κ1) is 14.5. The molecule has 1 unspecified atom stereocenters. The summed E-state index contributed by atoms with van der Waals surface area (Å²) in [5, 5.41) is 3.56. The molecule has 0 saturated carbocycles. The maximum atomic E-state index is 13.2. The van der Waals surface area contributed by atoms with Crippen LogP contribution in [0.25, 0.3) is 0 Å². The fourth-order valence-electron chi connectivity index (χ4n) is 3.09. The molecule has 2 fully saturated rings. The molecule has 2 aliphatic heterocycles. The van der Waals surface area contributed by atoms with E-state index in [4.69, 9.17) is 4.74 Å². The van der Waals surface area contributed by atoms with Gasteiger partial charge in [0.25, 0.3) is 0 Å². The third kappa shape index (κ3) is 3.80. The number of rotatable bonds is 4. The molecule has 0 aliphatic carbocycles. The van der Waals surface area contributed by atoms with Gasteiger partial charge < -0.3 is 15.0 Å². The number of benzene rings is 1. The van der Waals surface area contributed by atoms with Crippen LogP contribution in [0.2, 0.25) is 0 Å². The Morgan fingerprint density at radius 1 is 1.29 bits per heavy atom. The van der Waals surface area contributed by atoms with Gasteiger partial charge in [-0.2, -0.15) is 0 Å². The summed E-state index contributed by atoms with van der Waals surface area (Å²) in [6, 6.07) is 7.11. The molecule has 3 rings (SSSR count). The first-order valence-electron chi connectivity index (χ1n) is 7.57. The second-order valence-corrected chi connectivity index (χ2v) is 5.86. The lowest BCUT2D eigenvalue weighted by Crippen LogP contribution is -2.42. The van der Waals surface area contributed by atoms with Crippen molar-refractivity contribution in [2.75, 3.05) is 19.8 Å². The van der Waals surface area contributed by atoms with E-state index in [0.29, 0.717) is 25.6 Å². The van der Waals surface area contributed by atoms with Gasteiger partial charge in [-0.05, 0) is 30.5 Å². The molecular weight excluding hydrogens is 271 g/mol. The second kappa shape index (κ2) is 6.54. The lowest BCUT2D eigenvalue weighted by molar-refractivity contribution is -0.128. The maximum absolute atomic E-state index is 13.2. The Morgan fingerprint density at radius 3 is 2.86 bits per heavy atom. The van der Waals surface area contributed by atoms with Crippen molar-refractivity contribution >= 4 is 5.91 Å². The highest BCUT2D eigenvalue weighted by molar-refractivity contribution is 5.79. The smallest absolute Gasteiger partial charge is 0.224 e. The zero-order valence-electron chi connectivity index (χ0n) is 12.1. The molecule has 4 nitrogen and oxygen atoms in total. The van der Waals surface area contributed by atoms with Crippen molar-refractivity contribution in [3.63, 3.8) is 0 Å². The van der Waals surface area contributed by atoms with Gasteiger partial charge in [0.2, 0.25) is 5.91 Å². The highest BCUT2D eigenvalue weighted by Crippen LogP contribution is 2.18. The Bertz CT molecular complexity index is 503. The van der Waals surface area contributed by atoms with E-state index >= 15 is 0 Å². The number of hydrogen-bond acceptors (Lipinski definition) is 3. The van der Waals surface area contributed by atoms with E-state index in [-0.39, 0.29) is 17.8 Å². The van der Waals surface area contributed by atoms with Crippen molar-refractivity contribution in [1.82, 2.24) is 10.2 Å². The molecule has 1 amide bonds. The molecule has 2 aliphatic rings. The minimum atomic E-state index is -0.254. The van der Waals surface area contributed by atoms with Crippen molar-refractivity contribution in [1.29, 1.82) is 0 Å². The number of nitrogens with one attached hydrogen (secondary N) is 1. The molecule has 5 heteroatoms. The number of likely N-dealkylation sites (tertiary alicyclic amines) is 1. The molecule has 2 heterocycles. The molecule has 2 saturated heterocycles. The van der Waals surface area contributed by atoms with Crippen molar-refractivity contribution in [3.05, 3.63) is 35.6 Å². The van der Waals surface area contributed by atoms with Crippen LogP contribution in [-0.2, 0) is 16.1 Å². The predicted molar refractivity (Wildman–Crippen MR) is 77.2 cm³/mol. The summed E-state index contributed by atoms with van der Waals surface area (Å²) < 4.78 is 18.5. The standard InChI is InChI=1S/C16H21FN2O2/c17-13-3-1-2-12(8-13)10-19-11-15(9-16(19)20)18-14-4-6-21-7-5-14/h1-3,8,14-15,18H,4-7,9-11H2. The number of halogens is 1. The predicted octanol–water partition coefficient (Wildman–Crippen LogP) is 1.70. The lowest BCUT2D eigenvalue weighted by atomic mass is 10.1. The van der Waals surface area contributed by atoms with Crippen LogP contribution in [0, 0.1) is 5.82 Å². The summed E-state index contributed by atoms with van der Waals surface area (Å²) in [4.78, 5) is 13.9. The van der Waals surface area contributed by atoms with E-state index in [1.54, 1.807) is 6.07 Å². The van der Waals surface area contributed by atoms with Crippen LogP contribution in [0.4, 0.5) is 4.39 Å². The molecule has 0 bridgehead atoms. The highest BCUT2D eigenvalue weighted by Gasteiger charge is 2.31. The summed E-state index contributed by atoms with van der Waals surface area (Å²) in [5.74, 6) is -0.111. The number of nitrogens with zero attached hydrogens (tertiary/aromatic N) is 1. The Kier molecular flexibility index (Phi) is 4.51. The number of amides is 1. The van der Waals surface area contributed by atoms with E-state index in [0.717, 1.165) is 31.6 Å². The van der Waals surface area contributed by atoms with Gasteiger partial charge >= 0.3 is 0 Å². The summed E-state index contributed by atoms with van der Waals surface area (Å²) in [6.45, 7) is 2.78. The van der Waals surface area contributed by atoms with Gasteiger partial charge in [0.1, 0.15) is 5.82 Å². The van der Waals surface area contributed by atoms with E-state index < -0.39 is 0 Å². The topological polar surface area (TPSA) is 41.6 Å².